The fourth-order valence-corrected chi connectivity index (χ4v) is 2.24. The number of aryl methyl sites for hydroxylation is 2. The van der Waals surface area contributed by atoms with Crippen molar-refractivity contribution in [3.63, 3.8) is 0 Å². The molecule has 5 heteroatoms. The van der Waals surface area contributed by atoms with Crippen molar-refractivity contribution in [2.75, 3.05) is 0 Å². The SMILES string of the molecule is Cc1nc(COc2ccc3c(c2)C(=O)CCC3)no1. The fraction of sp³-hybridized carbons (Fsp3) is 0.357. The van der Waals surface area contributed by atoms with Gasteiger partial charge in [0.15, 0.2) is 12.4 Å². The van der Waals surface area contributed by atoms with Gasteiger partial charge in [-0.1, -0.05) is 11.2 Å². The quantitative estimate of drug-likeness (QED) is 0.846. The molecule has 0 unspecified atom stereocenters. The van der Waals surface area contributed by atoms with Gasteiger partial charge in [-0.05, 0) is 30.5 Å². The predicted octanol–water partition coefficient (Wildman–Crippen LogP) is 2.48. The van der Waals surface area contributed by atoms with Crippen LogP contribution in [-0.4, -0.2) is 15.9 Å². The number of nitrogens with zero attached hydrogens (tertiary/aromatic N) is 2. The van der Waals surface area contributed by atoms with Gasteiger partial charge in [0.25, 0.3) is 0 Å². The monoisotopic (exact) mass is 258 g/mol. The first-order valence-corrected chi connectivity index (χ1v) is 6.30. The molecule has 2 aromatic rings. The van der Waals surface area contributed by atoms with E-state index in [9.17, 15) is 4.79 Å². The van der Waals surface area contributed by atoms with E-state index in [4.69, 9.17) is 9.26 Å². The van der Waals surface area contributed by atoms with Gasteiger partial charge >= 0.3 is 0 Å². The minimum Gasteiger partial charge on any atom is -0.485 e. The Morgan fingerprint density at radius 1 is 1.37 bits per heavy atom. The van der Waals surface area contributed by atoms with E-state index in [1.54, 1.807) is 6.92 Å². The third kappa shape index (κ3) is 2.50. The minimum absolute atomic E-state index is 0.196. The van der Waals surface area contributed by atoms with Crippen LogP contribution in [0.15, 0.2) is 22.7 Å². The summed E-state index contributed by atoms with van der Waals surface area (Å²) < 4.78 is 10.4. The number of rotatable bonds is 3. The summed E-state index contributed by atoms with van der Waals surface area (Å²) >= 11 is 0. The lowest BCUT2D eigenvalue weighted by Gasteiger charge is -2.15. The highest BCUT2D eigenvalue weighted by atomic mass is 16.5. The van der Waals surface area contributed by atoms with Gasteiger partial charge in [0.1, 0.15) is 5.75 Å². The lowest BCUT2D eigenvalue weighted by molar-refractivity contribution is 0.0972. The van der Waals surface area contributed by atoms with E-state index < -0.39 is 0 Å². The molecule has 0 bridgehead atoms. The summed E-state index contributed by atoms with van der Waals surface area (Å²) in [6.07, 6.45) is 2.53. The molecular weight excluding hydrogens is 244 g/mol. The van der Waals surface area contributed by atoms with E-state index in [-0.39, 0.29) is 12.4 Å². The second-order valence-corrected chi connectivity index (χ2v) is 4.61. The molecule has 98 valence electrons. The maximum absolute atomic E-state index is 11.8. The Balaban J connectivity index is 1.75. The third-order valence-corrected chi connectivity index (χ3v) is 3.17. The second kappa shape index (κ2) is 4.84. The van der Waals surface area contributed by atoms with Gasteiger partial charge in [-0.15, -0.1) is 0 Å². The molecule has 0 amide bonds. The molecule has 0 radical (unpaired) electrons. The van der Waals surface area contributed by atoms with Crippen molar-refractivity contribution in [2.45, 2.75) is 32.8 Å². The number of benzene rings is 1. The Labute approximate surface area is 110 Å². The zero-order valence-corrected chi connectivity index (χ0v) is 10.7. The van der Waals surface area contributed by atoms with Crippen LogP contribution >= 0.6 is 0 Å². The molecule has 0 saturated heterocycles. The lowest BCUT2D eigenvalue weighted by atomic mass is 9.90. The topological polar surface area (TPSA) is 65.2 Å². The van der Waals surface area contributed by atoms with Crippen LogP contribution in [0.25, 0.3) is 0 Å². The Morgan fingerprint density at radius 3 is 3.05 bits per heavy atom. The summed E-state index contributed by atoms with van der Waals surface area (Å²) in [5, 5.41) is 3.76. The van der Waals surface area contributed by atoms with Crippen LogP contribution in [-0.2, 0) is 13.0 Å². The number of hydrogen-bond acceptors (Lipinski definition) is 5. The van der Waals surface area contributed by atoms with E-state index in [1.807, 2.05) is 18.2 Å². The van der Waals surface area contributed by atoms with Crippen molar-refractivity contribution in [3.8, 4) is 5.75 Å². The highest BCUT2D eigenvalue weighted by Gasteiger charge is 2.17. The number of carbonyl (C=O) groups is 1. The van der Waals surface area contributed by atoms with Crippen LogP contribution in [0.5, 0.6) is 5.75 Å². The molecule has 0 N–H and O–H groups in total. The number of aromatic nitrogens is 2. The molecule has 0 saturated carbocycles. The summed E-state index contributed by atoms with van der Waals surface area (Å²) in [5.41, 5.74) is 1.90. The van der Waals surface area contributed by atoms with E-state index in [0.717, 1.165) is 24.0 Å². The normalized spacial score (nSPS) is 14.3. The second-order valence-electron chi connectivity index (χ2n) is 4.61. The maximum atomic E-state index is 11.8. The first-order valence-electron chi connectivity index (χ1n) is 6.30. The fourth-order valence-electron chi connectivity index (χ4n) is 2.24. The first kappa shape index (κ1) is 11.9. The Kier molecular flexibility index (Phi) is 3.03. The predicted molar refractivity (Wildman–Crippen MR) is 67.1 cm³/mol. The molecule has 1 heterocycles. The van der Waals surface area contributed by atoms with Crippen molar-refractivity contribution >= 4 is 5.78 Å². The molecule has 0 spiro atoms. The first-order chi connectivity index (χ1) is 9.22. The van der Waals surface area contributed by atoms with Gasteiger partial charge < -0.3 is 9.26 Å². The summed E-state index contributed by atoms with van der Waals surface area (Å²) in [6.45, 7) is 1.97. The van der Waals surface area contributed by atoms with Crippen LogP contribution in [0.4, 0.5) is 0 Å². The summed E-state index contributed by atoms with van der Waals surface area (Å²) in [7, 11) is 0. The molecule has 5 nitrogen and oxygen atoms in total. The zero-order chi connectivity index (χ0) is 13.2. The molecule has 0 aliphatic heterocycles. The average molecular weight is 258 g/mol. The molecule has 19 heavy (non-hydrogen) atoms. The molecular formula is C14H14N2O3. The molecule has 3 rings (SSSR count). The third-order valence-electron chi connectivity index (χ3n) is 3.17. The maximum Gasteiger partial charge on any atom is 0.223 e. The molecule has 1 aliphatic carbocycles. The van der Waals surface area contributed by atoms with Crippen LogP contribution < -0.4 is 4.74 Å². The Hall–Kier alpha value is -2.17. The smallest absolute Gasteiger partial charge is 0.223 e. The summed E-state index contributed by atoms with van der Waals surface area (Å²) in [6, 6.07) is 5.65. The molecule has 1 aliphatic rings. The van der Waals surface area contributed by atoms with Crippen LogP contribution in [0.1, 0.15) is 40.5 Å². The van der Waals surface area contributed by atoms with Crippen LogP contribution in [0, 0.1) is 6.92 Å². The number of Topliss-reactive ketones (excluding diaryl/α,β-unsaturated/α-hetero) is 1. The molecule has 1 aromatic heterocycles. The van der Waals surface area contributed by atoms with Crippen LogP contribution in [0.3, 0.4) is 0 Å². The van der Waals surface area contributed by atoms with E-state index in [2.05, 4.69) is 10.1 Å². The summed E-state index contributed by atoms with van der Waals surface area (Å²) in [5.74, 6) is 1.87. The number of ketones is 1. The van der Waals surface area contributed by atoms with Gasteiger partial charge in [0.2, 0.25) is 11.7 Å². The van der Waals surface area contributed by atoms with Crippen molar-refractivity contribution in [1.82, 2.24) is 10.1 Å². The number of hydrogen-bond donors (Lipinski definition) is 0. The van der Waals surface area contributed by atoms with Crippen LogP contribution in [0.2, 0.25) is 0 Å². The van der Waals surface area contributed by atoms with Crippen molar-refractivity contribution in [3.05, 3.63) is 41.0 Å². The standard InChI is InChI=1S/C14H14N2O3/c1-9-15-14(16-19-9)8-18-11-6-5-10-3-2-4-13(17)12(10)7-11/h5-7H,2-4,8H2,1H3. The highest BCUT2D eigenvalue weighted by molar-refractivity contribution is 5.98. The van der Waals surface area contributed by atoms with Gasteiger partial charge in [-0.25, -0.2) is 0 Å². The molecule has 1 aromatic carbocycles. The summed E-state index contributed by atoms with van der Waals surface area (Å²) in [4.78, 5) is 15.9. The molecule has 0 atom stereocenters. The highest BCUT2D eigenvalue weighted by Crippen LogP contribution is 2.25. The Morgan fingerprint density at radius 2 is 2.26 bits per heavy atom. The number of ether oxygens (including phenoxy) is 1. The van der Waals surface area contributed by atoms with Gasteiger partial charge in [-0.3, -0.25) is 4.79 Å². The largest absolute Gasteiger partial charge is 0.485 e. The minimum atomic E-state index is 0.196. The van der Waals surface area contributed by atoms with Crippen molar-refractivity contribution in [1.29, 1.82) is 0 Å². The van der Waals surface area contributed by atoms with Gasteiger partial charge in [0, 0.05) is 18.9 Å². The van der Waals surface area contributed by atoms with Gasteiger partial charge in [0.05, 0.1) is 0 Å². The van der Waals surface area contributed by atoms with Gasteiger partial charge in [-0.2, -0.15) is 4.98 Å². The van der Waals surface area contributed by atoms with Crippen molar-refractivity contribution in [2.24, 2.45) is 0 Å². The molecule has 0 fully saturated rings. The zero-order valence-electron chi connectivity index (χ0n) is 10.7. The van der Waals surface area contributed by atoms with E-state index >= 15 is 0 Å². The number of carbonyl (C=O) groups excluding carboxylic acids is 1. The lowest BCUT2D eigenvalue weighted by Crippen LogP contribution is -2.11. The Bertz CT molecular complexity index is 619. The average Bonchev–Trinajstić information content (AvgIpc) is 2.83. The van der Waals surface area contributed by atoms with E-state index in [1.165, 1.54) is 0 Å². The number of fused-ring (bicyclic) bond motifs is 1. The van der Waals surface area contributed by atoms with Crippen molar-refractivity contribution < 1.29 is 14.1 Å². The van der Waals surface area contributed by atoms with E-state index in [0.29, 0.717) is 23.9 Å².